The van der Waals surface area contributed by atoms with Gasteiger partial charge in [-0.15, -0.1) is 6.58 Å². The second kappa shape index (κ2) is 38.7. The Hall–Kier alpha value is -5.06. The molecule has 3 rings (SSSR count). The van der Waals surface area contributed by atoms with Gasteiger partial charge in [0.2, 0.25) is 5.79 Å². The highest BCUT2D eigenvalue weighted by Gasteiger charge is 2.58. The fourth-order valence-corrected chi connectivity index (χ4v) is 7.96. The van der Waals surface area contributed by atoms with Crippen LogP contribution in [0.2, 0.25) is 0 Å². The largest absolute Gasteiger partial charge is 0.463 e. The van der Waals surface area contributed by atoms with Gasteiger partial charge in [0.25, 0.3) is 5.91 Å². The molecule has 3 fully saturated rings. The fraction of sp³-hybridized carbons (Fsp3) is 0.808. The van der Waals surface area contributed by atoms with E-state index in [-0.39, 0.29) is 52.9 Å². The normalized spacial score (nSPS) is 26.5. The van der Waals surface area contributed by atoms with Crippen LogP contribution in [-0.4, -0.2) is 272 Å². The first-order chi connectivity index (χ1) is 39.0. The molecule has 11 atom stereocenters. The number of nitrogens with zero attached hydrogens (tertiary/aromatic N) is 1. The minimum Gasteiger partial charge on any atom is -0.463 e. The maximum Gasteiger partial charge on any atom is 0.303 e. The van der Waals surface area contributed by atoms with Crippen LogP contribution in [0.5, 0.6) is 0 Å². The van der Waals surface area contributed by atoms with Gasteiger partial charge in [0.1, 0.15) is 43.7 Å². The van der Waals surface area contributed by atoms with E-state index in [2.05, 4.69) is 6.58 Å². The first-order valence-electron chi connectivity index (χ1n) is 26.6. The van der Waals surface area contributed by atoms with E-state index in [4.69, 9.17) is 99.5 Å². The summed E-state index contributed by atoms with van der Waals surface area (Å²) in [6.45, 7) is 14.7. The molecule has 30 heteroatoms. The van der Waals surface area contributed by atoms with Crippen LogP contribution in [0.3, 0.4) is 0 Å². The second-order valence-electron chi connectivity index (χ2n) is 18.6. The van der Waals surface area contributed by atoms with Crippen LogP contribution in [0, 0.1) is 0 Å². The molecule has 3 aliphatic rings. The molecule has 3 heterocycles. The van der Waals surface area contributed by atoms with Gasteiger partial charge in [-0.2, -0.15) is 0 Å². The summed E-state index contributed by atoms with van der Waals surface area (Å²) in [5.41, 5.74) is 0. The van der Waals surface area contributed by atoms with E-state index in [0.717, 1.165) is 48.5 Å². The molecule has 0 spiro atoms. The van der Waals surface area contributed by atoms with E-state index < -0.39 is 140 Å². The zero-order chi connectivity index (χ0) is 60.6. The minimum atomic E-state index is -1.90. The highest BCUT2D eigenvalue weighted by atomic mass is 16.8. The minimum absolute atomic E-state index is 0.0215. The maximum atomic E-state index is 13.1. The average molecular weight is 1190 g/mol. The molecule has 0 bridgehead atoms. The van der Waals surface area contributed by atoms with E-state index >= 15 is 0 Å². The third-order valence-electron chi connectivity index (χ3n) is 11.4. The summed E-state index contributed by atoms with van der Waals surface area (Å²) in [7, 11) is 3.10. The Morgan fingerprint density at radius 3 is 1.30 bits per heavy atom. The van der Waals surface area contributed by atoms with Crippen molar-refractivity contribution in [2.24, 2.45) is 0 Å². The molecule has 470 valence electrons. The highest BCUT2D eigenvalue weighted by molar-refractivity contribution is 5.83. The van der Waals surface area contributed by atoms with Gasteiger partial charge in [-0.05, 0) is 6.92 Å². The summed E-state index contributed by atoms with van der Waals surface area (Å²) in [5, 5.41) is 0. The molecule has 0 saturated carbocycles. The van der Waals surface area contributed by atoms with Gasteiger partial charge < -0.3 is 104 Å². The summed E-state index contributed by atoms with van der Waals surface area (Å²) < 4.78 is 121. The predicted molar refractivity (Wildman–Crippen MR) is 273 cm³/mol. The van der Waals surface area contributed by atoms with Crippen LogP contribution in [0.15, 0.2) is 12.7 Å². The van der Waals surface area contributed by atoms with Crippen molar-refractivity contribution in [2.45, 2.75) is 135 Å². The van der Waals surface area contributed by atoms with Crippen LogP contribution < -0.4 is 0 Å². The SMILES string of the molecule is C=CCOCCOCCOCCOCCOCCOCCOCC(COC1COC(C)(C(=O)N(C)C)OC1)O[C@H]1O[C@H](COC(C)=O)[C@@H](O[C@@H]2OC(COC(C)=O)[C@H](OC(C)=O)[C@H](OC(C)=O)C2OC(C)=O)C(OC(C)=O)C1OC(C)=O. The van der Waals surface area contributed by atoms with Gasteiger partial charge in [0.15, 0.2) is 43.1 Å². The lowest BCUT2D eigenvalue weighted by Gasteiger charge is -2.49. The van der Waals surface area contributed by atoms with Crippen LogP contribution in [0.25, 0.3) is 0 Å². The summed E-state index contributed by atoms with van der Waals surface area (Å²) in [4.78, 5) is 102. The Morgan fingerprint density at radius 1 is 0.500 bits per heavy atom. The van der Waals surface area contributed by atoms with E-state index in [9.17, 15) is 38.4 Å². The third kappa shape index (κ3) is 27.1. The first-order valence-corrected chi connectivity index (χ1v) is 26.6. The molecule has 0 N–H and O–H groups in total. The number of esters is 7. The van der Waals surface area contributed by atoms with E-state index in [1.54, 1.807) is 20.2 Å². The topological polar surface area (TPSA) is 334 Å². The summed E-state index contributed by atoms with van der Waals surface area (Å²) >= 11 is 0. The first kappa shape index (κ1) is 71.2. The van der Waals surface area contributed by atoms with Crippen molar-refractivity contribution in [1.29, 1.82) is 0 Å². The van der Waals surface area contributed by atoms with Crippen molar-refractivity contribution in [1.82, 2.24) is 4.90 Å². The summed E-state index contributed by atoms with van der Waals surface area (Å²) in [6.07, 6.45) is -17.1. The lowest BCUT2D eigenvalue weighted by Crippen LogP contribution is -2.67. The molecule has 0 aliphatic carbocycles. The van der Waals surface area contributed by atoms with Crippen molar-refractivity contribution < 1.29 is 138 Å². The number of likely N-dealkylation sites (N-methyl/N-ethyl adjacent to an activating group) is 1. The molecular weight excluding hydrogens is 1100 g/mol. The Balaban J connectivity index is 1.83. The maximum absolute atomic E-state index is 13.1. The monoisotopic (exact) mass is 1190 g/mol. The molecule has 0 radical (unpaired) electrons. The lowest BCUT2D eigenvalue weighted by atomic mass is 9.96. The average Bonchev–Trinajstić information content (AvgIpc) is 3.46. The van der Waals surface area contributed by atoms with Crippen molar-refractivity contribution in [3.8, 4) is 0 Å². The van der Waals surface area contributed by atoms with E-state index in [1.165, 1.54) is 11.8 Å². The van der Waals surface area contributed by atoms with Crippen molar-refractivity contribution in [3.05, 3.63) is 12.7 Å². The molecule has 30 nitrogen and oxygen atoms in total. The Bertz CT molecular complexity index is 1970. The predicted octanol–water partition coefficient (Wildman–Crippen LogP) is -0.470. The molecule has 0 aromatic heterocycles. The zero-order valence-electron chi connectivity index (χ0n) is 48.4. The van der Waals surface area contributed by atoms with E-state index in [0.29, 0.717) is 59.5 Å². The van der Waals surface area contributed by atoms with Gasteiger partial charge >= 0.3 is 41.8 Å². The molecule has 3 aliphatic heterocycles. The zero-order valence-corrected chi connectivity index (χ0v) is 48.4. The van der Waals surface area contributed by atoms with Crippen LogP contribution in [0.1, 0.15) is 55.4 Å². The van der Waals surface area contributed by atoms with Crippen LogP contribution in [-0.2, 0) is 138 Å². The van der Waals surface area contributed by atoms with Crippen molar-refractivity contribution in [3.63, 3.8) is 0 Å². The Morgan fingerprint density at radius 2 is 0.878 bits per heavy atom. The molecule has 3 saturated heterocycles. The van der Waals surface area contributed by atoms with Crippen molar-refractivity contribution in [2.75, 3.05) is 140 Å². The number of carbonyl (C=O) groups excluding carboxylic acids is 8. The van der Waals surface area contributed by atoms with Crippen molar-refractivity contribution >= 4 is 47.7 Å². The molecule has 1 amide bonds. The highest BCUT2D eigenvalue weighted by Crippen LogP contribution is 2.36. The number of hydrogen-bond acceptors (Lipinski definition) is 29. The smallest absolute Gasteiger partial charge is 0.303 e. The van der Waals surface area contributed by atoms with Gasteiger partial charge in [0, 0.05) is 62.6 Å². The number of rotatable bonds is 39. The molecule has 0 aromatic carbocycles. The summed E-state index contributed by atoms with van der Waals surface area (Å²) in [6, 6.07) is 0. The Kier molecular flexibility index (Phi) is 33.6. The second-order valence-corrected chi connectivity index (χ2v) is 18.6. The molecule has 5 unspecified atom stereocenters. The van der Waals surface area contributed by atoms with Gasteiger partial charge in [-0.3, -0.25) is 38.4 Å². The van der Waals surface area contributed by atoms with Gasteiger partial charge in [-0.25, -0.2) is 0 Å². The van der Waals surface area contributed by atoms with Crippen LogP contribution in [0.4, 0.5) is 0 Å². The van der Waals surface area contributed by atoms with Crippen LogP contribution >= 0.6 is 0 Å². The van der Waals surface area contributed by atoms with Gasteiger partial charge in [0.05, 0.1) is 112 Å². The molecule has 0 aromatic rings. The fourth-order valence-electron chi connectivity index (χ4n) is 7.96. The lowest BCUT2D eigenvalue weighted by molar-refractivity contribution is -0.366. The number of amides is 1. The number of ether oxygens (including phenoxy) is 21. The number of carbonyl (C=O) groups is 8. The third-order valence-corrected chi connectivity index (χ3v) is 11.4. The quantitative estimate of drug-likeness (QED) is 0.0325. The molecule has 82 heavy (non-hydrogen) atoms. The Labute approximate surface area is 476 Å². The number of hydrogen-bond donors (Lipinski definition) is 0. The van der Waals surface area contributed by atoms with Gasteiger partial charge in [-0.1, -0.05) is 6.08 Å². The van der Waals surface area contributed by atoms with E-state index in [1.807, 2.05) is 0 Å². The standard InChI is InChI=1S/C52H83NO29/c1-12-13-62-14-15-63-16-17-64-18-19-65-20-21-66-22-23-67-24-25-68-26-40(27-71-39-28-72-52(9,73-29-39)51(61)53(10)11)79-49-47(77-37(7)59)46(76-36(6)58)44(42(80-49)31-70-33(3)55)82-50-48(78-38(8)60)45(75-35(5)57)43(74-34(4)56)41(81-50)30-69-32(2)54/h12,39-50H,1,13-31H2,2-11H3/t39?,40?,41?,42-,43+,44-,45+,46?,47?,48?,49+,50+,52?/m1/s1. The molecular formula is C52H83NO29. The summed E-state index contributed by atoms with van der Waals surface area (Å²) in [5.74, 6) is -8.30.